The molecule has 0 radical (unpaired) electrons. The molecule has 1 N–H and O–H groups in total. The molecule has 4 rings (SSSR count). The van der Waals surface area contributed by atoms with Crippen LogP contribution in [0, 0.1) is 12.8 Å². The zero-order valence-electron chi connectivity index (χ0n) is 24.0. The number of carbonyl (C=O) groups excluding carboxylic acids is 1. The number of carbonyl (C=O) groups is 2. The van der Waals surface area contributed by atoms with Gasteiger partial charge in [0.1, 0.15) is 11.4 Å². The van der Waals surface area contributed by atoms with E-state index in [2.05, 4.69) is 18.8 Å². The monoisotopic (exact) mass is 581 g/mol. The number of halogens is 3. The van der Waals surface area contributed by atoms with Crippen molar-refractivity contribution in [2.75, 3.05) is 6.61 Å². The van der Waals surface area contributed by atoms with E-state index in [1.165, 1.54) is 6.07 Å². The number of benzene rings is 2. The van der Waals surface area contributed by atoms with Gasteiger partial charge in [0.2, 0.25) is 0 Å². The molecule has 4 aromatic rings. The molecule has 2 heterocycles. The number of fused-ring (bicyclic) bond motifs is 1. The standard InChI is InChI=1S/C32H34F3N3O4/c1-5-42-31-24(23-11-10-22(16-20(23)4)32(33,34)35)12-14-27-25(31)18-37-38(27)28(15-19(2)3)21-9-13-26(36-17-21)29(39)7-6-8-30(40)41/h9-14,16-19,28H,5-8,15H2,1-4H3,(H,40,41). The third-order valence-corrected chi connectivity index (χ3v) is 7.10. The maximum Gasteiger partial charge on any atom is 0.416 e. The van der Waals surface area contributed by atoms with Crippen LogP contribution >= 0.6 is 0 Å². The zero-order valence-corrected chi connectivity index (χ0v) is 24.0. The van der Waals surface area contributed by atoms with Crippen molar-refractivity contribution in [1.29, 1.82) is 0 Å². The predicted molar refractivity (Wildman–Crippen MR) is 154 cm³/mol. The van der Waals surface area contributed by atoms with Gasteiger partial charge in [-0.15, -0.1) is 0 Å². The molecule has 2 aromatic carbocycles. The van der Waals surface area contributed by atoms with Gasteiger partial charge in [-0.1, -0.05) is 26.0 Å². The summed E-state index contributed by atoms with van der Waals surface area (Å²) in [6, 6.07) is 10.8. The summed E-state index contributed by atoms with van der Waals surface area (Å²) < 4.78 is 47.8. The van der Waals surface area contributed by atoms with Crippen LogP contribution in [0.25, 0.3) is 22.0 Å². The van der Waals surface area contributed by atoms with Gasteiger partial charge in [0.05, 0.1) is 35.3 Å². The Morgan fingerprint density at radius 3 is 2.36 bits per heavy atom. The van der Waals surface area contributed by atoms with Crippen molar-refractivity contribution < 1.29 is 32.6 Å². The maximum absolute atomic E-state index is 13.3. The molecule has 2 aromatic heterocycles. The second-order valence-corrected chi connectivity index (χ2v) is 10.7. The Bertz CT molecular complexity index is 1580. The van der Waals surface area contributed by atoms with E-state index >= 15 is 0 Å². The van der Waals surface area contributed by atoms with E-state index in [0.29, 0.717) is 35.0 Å². The van der Waals surface area contributed by atoms with Crippen LogP contribution in [0.4, 0.5) is 13.2 Å². The first-order chi connectivity index (χ1) is 19.9. The summed E-state index contributed by atoms with van der Waals surface area (Å²) >= 11 is 0. The number of hydrogen-bond acceptors (Lipinski definition) is 5. The molecule has 0 bridgehead atoms. The molecule has 0 saturated carbocycles. The van der Waals surface area contributed by atoms with Crippen molar-refractivity contribution in [2.45, 2.75) is 65.6 Å². The first-order valence-corrected chi connectivity index (χ1v) is 13.9. The molecule has 1 unspecified atom stereocenters. The highest BCUT2D eigenvalue weighted by molar-refractivity contribution is 5.95. The molecule has 1 atom stereocenters. The van der Waals surface area contributed by atoms with Crippen molar-refractivity contribution in [2.24, 2.45) is 5.92 Å². The summed E-state index contributed by atoms with van der Waals surface area (Å²) in [5.41, 5.74) is 3.05. The summed E-state index contributed by atoms with van der Waals surface area (Å²) in [5, 5.41) is 14.3. The van der Waals surface area contributed by atoms with Gasteiger partial charge in [-0.3, -0.25) is 19.3 Å². The number of alkyl halides is 3. The van der Waals surface area contributed by atoms with Gasteiger partial charge >= 0.3 is 12.1 Å². The fourth-order valence-electron chi connectivity index (χ4n) is 5.12. The topological polar surface area (TPSA) is 94.3 Å². The highest BCUT2D eigenvalue weighted by Crippen LogP contribution is 2.41. The Hall–Kier alpha value is -4.21. The van der Waals surface area contributed by atoms with Gasteiger partial charge in [0.15, 0.2) is 5.78 Å². The third-order valence-electron chi connectivity index (χ3n) is 7.10. The lowest BCUT2D eigenvalue weighted by Crippen LogP contribution is -2.15. The molecule has 0 fully saturated rings. The largest absolute Gasteiger partial charge is 0.492 e. The number of aromatic nitrogens is 3. The molecule has 10 heteroatoms. The third kappa shape index (κ3) is 6.80. The first kappa shape index (κ1) is 30.7. The van der Waals surface area contributed by atoms with Crippen molar-refractivity contribution in [3.63, 3.8) is 0 Å². The number of Topliss-reactive ketones (excluding diaryl/α,β-unsaturated/α-hetero) is 1. The lowest BCUT2D eigenvalue weighted by atomic mass is 9.95. The van der Waals surface area contributed by atoms with E-state index in [0.717, 1.165) is 35.0 Å². The Morgan fingerprint density at radius 1 is 1.02 bits per heavy atom. The van der Waals surface area contributed by atoms with E-state index in [-0.39, 0.29) is 36.8 Å². The average molecular weight is 582 g/mol. The van der Waals surface area contributed by atoms with E-state index in [4.69, 9.17) is 14.9 Å². The van der Waals surface area contributed by atoms with E-state index < -0.39 is 17.7 Å². The van der Waals surface area contributed by atoms with Crippen molar-refractivity contribution in [3.05, 3.63) is 77.2 Å². The van der Waals surface area contributed by atoms with Gasteiger partial charge < -0.3 is 9.84 Å². The summed E-state index contributed by atoms with van der Waals surface area (Å²) in [4.78, 5) is 27.6. The van der Waals surface area contributed by atoms with Crippen LogP contribution in [0.2, 0.25) is 0 Å². The van der Waals surface area contributed by atoms with Crippen molar-refractivity contribution >= 4 is 22.7 Å². The maximum atomic E-state index is 13.3. The number of carboxylic acid groups (broad SMARTS) is 1. The molecular formula is C32H34F3N3O4. The molecule has 0 aliphatic rings. The van der Waals surface area contributed by atoms with E-state index in [1.54, 1.807) is 25.4 Å². The number of hydrogen-bond donors (Lipinski definition) is 1. The van der Waals surface area contributed by atoms with E-state index in [9.17, 15) is 22.8 Å². The highest BCUT2D eigenvalue weighted by Gasteiger charge is 2.31. The van der Waals surface area contributed by atoms with Crippen LogP contribution in [0.5, 0.6) is 5.75 Å². The molecule has 0 aliphatic heterocycles. The Morgan fingerprint density at radius 2 is 1.76 bits per heavy atom. The average Bonchev–Trinajstić information content (AvgIpc) is 3.36. The number of ether oxygens (including phenoxy) is 1. The lowest BCUT2D eigenvalue weighted by molar-refractivity contribution is -0.138. The number of nitrogens with zero attached hydrogens (tertiary/aromatic N) is 3. The van der Waals surface area contributed by atoms with Crippen LogP contribution < -0.4 is 4.74 Å². The van der Waals surface area contributed by atoms with Gasteiger partial charge in [-0.05, 0) is 79.6 Å². The molecule has 0 aliphatic carbocycles. The normalized spacial score (nSPS) is 12.6. The van der Waals surface area contributed by atoms with Crippen LogP contribution in [-0.2, 0) is 11.0 Å². The second-order valence-electron chi connectivity index (χ2n) is 10.7. The minimum Gasteiger partial charge on any atom is -0.492 e. The predicted octanol–water partition coefficient (Wildman–Crippen LogP) is 7.90. The summed E-state index contributed by atoms with van der Waals surface area (Å²) in [6.07, 6.45) is -0.0333. The molecule has 7 nitrogen and oxygen atoms in total. The Balaban J connectivity index is 1.73. The molecule has 42 heavy (non-hydrogen) atoms. The number of aliphatic carboxylic acids is 1. The highest BCUT2D eigenvalue weighted by atomic mass is 19.4. The van der Waals surface area contributed by atoms with Gasteiger partial charge in [-0.2, -0.15) is 18.3 Å². The Labute approximate surface area is 242 Å². The fourth-order valence-corrected chi connectivity index (χ4v) is 5.12. The molecule has 0 saturated heterocycles. The second kappa shape index (κ2) is 12.8. The Kier molecular flexibility index (Phi) is 9.33. The molecule has 0 amide bonds. The molecule has 222 valence electrons. The van der Waals surface area contributed by atoms with Crippen LogP contribution in [-0.4, -0.2) is 38.2 Å². The minimum atomic E-state index is -4.43. The first-order valence-electron chi connectivity index (χ1n) is 13.9. The number of ketones is 1. The van der Waals surface area contributed by atoms with Gasteiger partial charge in [0.25, 0.3) is 0 Å². The fraction of sp³-hybridized carbons (Fsp3) is 0.375. The smallest absolute Gasteiger partial charge is 0.416 e. The molecular weight excluding hydrogens is 547 g/mol. The molecule has 0 spiro atoms. The summed E-state index contributed by atoms with van der Waals surface area (Å²) in [5.74, 6) is -0.303. The summed E-state index contributed by atoms with van der Waals surface area (Å²) in [6.45, 7) is 8.07. The number of pyridine rings is 1. The number of carboxylic acids is 1. The van der Waals surface area contributed by atoms with Crippen molar-refractivity contribution in [1.82, 2.24) is 14.8 Å². The quantitative estimate of drug-likeness (QED) is 0.171. The van der Waals surface area contributed by atoms with E-state index in [1.807, 2.05) is 29.8 Å². The number of aryl methyl sites for hydroxylation is 1. The van der Waals surface area contributed by atoms with Crippen LogP contribution in [0.1, 0.15) is 79.7 Å². The van der Waals surface area contributed by atoms with Gasteiger partial charge in [0, 0.05) is 24.6 Å². The minimum absolute atomic E-state index is 0.0729. The zero-order chi connectivity index (χ0) is 30.6. The van der Waals surface area contributed by atoms with Crippen molar-refractivity contribution in [3.8, 4) is 16.9 Å². The number of rotatable bonds is 12. The van der Waals surface area contributed by atoms with Gasteiger partial charge in [-0.25, -0.2) is 0 Å². The lowest BCUT2D eigenvalue weighted by Gasteiger charge is -2.22. The SMILES string of the molecule is CCOc1c(-c2ccc(C(F)(F)F)cc2C)ccc2c1cnn2C(CC(C)C)c1ccc(C(=O)CCCC(=O)O)nc1. The van der Waals surface area contributed by atoms with Crippen LogP contribution in [0.3, 0.4) is 0 Å². The summed E-state index contributed by atoms with van der Waals surface area (Å²) in [7, 11) is 0. The van der Waals surface area contributed by atoms with Crippen LogP contribution in [0.15, 0.2) is 54.9 Å².